The lowest BCUT2D eigenvalue weighted by atomic mass is 10.1. The van der Waals surface area contributed by atoms with Crippen LogP contribution in [0.25, 0.3) is 6.08 Å². The van der Waals surface area contributed by atoms with Crippen LogP contribution in [0, 0.1) is 5.82 Å². The summed E-state index contributed by atoms with van der Waals surface area (Å²) in [6, 6.07) is 11.6. The van der Waals surface area contributed by atoms with E-state index >= 15 is 0 Å². The van der Waals surface area contributed by atoms with Crippen molar-refractivity contribution in [2.45, 2.75) is 26.5 Å². The average Bonchev–Trinajstić information content (AvgIpc) is 2.51. The van der Waals surface area contributed by atoms with Gasteiger partial charge in [-0.3, -0.25) is 4.79 Å². The number of hydrogen-bond acceptors (Lipinski definition) is 3. The average molecular weight is 328 g/mol. The molecule has 2 aromatic carbocycles. The molecule has 0 atom stereocenters. The van der Waals surface area contributed by atoms with Crippen molar-refractivity contribution in [3.8, 4) is 5.75 Å². The van der Waals surface area contributed by atoms with E-state index in [1.54, 1.807) is 36.4 Å². The minimum atomic E-state index is -0.302. The van der Waals surface area contributed by atoms with Crippen LogP contribution in [-0.4, -0.2) is 11.9 Å². The van der Waals surface area contributed by atoms with E-state index in [0.717, 1.165) is 11.1 Å². The zero-order valence-electron chi connectivity index (χ0n) is 13.8. The number of rotatable bonds is 6. The van der Waals surface area contributed by atoms with Crippen molar-refractivity contribution >= 4 is 17.7 Å². The van der Waals surface area contributed by atoms with Gasteiger partial charge in [-0.15, -0.1) is 0 Å². The Bertz CT molecular complexity index is 742. The van der Waals surface area contributed by atoms with Crippen LogP contribution in [0.1, 0.15) is 25.0 Å². The Balaban J connectivity index is 1.99. The molecule has 4 nitrogen and oxygen atoms in total. The summed E-state index contributed by atoms with van der Waals surface area (Å²) in [4.78, 5) is 11.6. The molecule has 0 unspecified atom stereocenters. The number of carbonyl (C=O) groups is 1. The van der Waals surface area contributed by atoms with Crippen molar-refractivity contribution in [3.05, 3.63) is 65.5 Å². The molecule has 0 aliphatic rings. The van der Waals surface area contributed by atoms with Crippen LogP contribution in [-0.2, 0) is 11.4 Å². The molecule has 0 fully saturated rings. The Morgan fingerprint density at radius 3 is 2.75 bits per heavy atom. The topological polar surface area (TPSA) is 64.3 Å². The second-order valence-corrected chi connectivity index (χ2v) is 5.71. The van der Waals surface area contributed by atoms with Gasteiger partial charge in [-0.1, -0.05) is 18.2 Å². The van der Waals surface area contributed by atoms with Crippen LogP contribution < -0.4 is 15.8 Å². The third kappa shape index (κ3) is 5.43. The maximum Gasteiger partial charge on any atom is 0.244 e. The quantitative estimate of drug-likeness (QED) is 0.630. The van der Waals surface area contributed by atoms with E-state index < -0.39 is 0 Å². The smallest absolute Gasteiger partial charge is 0.244 e. The lowest BCUT2D eigenvalue weighted by Crippen LogP contribution is -2.28. The number of hydrogen-bond donors (Lipinski definition) is 2. The van der Waals surface area contributed by atoms with E-state index in [4.69, 9.17) is 10.5 Å². The zero-order chi connectivity index (χ0) is 17.5. The van der Waals surface area contributed by atoms with Gasteiger partial charge < -0.3 is 15.8 Å². The molecule has 1 amide bonds. The summed E-state index contributed by atoms with van der Waals surface area (Å²) < 4.78 is 18.7. The number of benzene rings is 2. The number of nitrogen functional groups attached to an aromatic ring is 1. The molecule has 0 heterocycles. The first kappa shape index (κ1) is 17.5. The Hall–Kier alpha value is -2.82. The molecule has 0 saturated heterocycles. The highest BCUT2D eigenvalue weighted by Crippen LogP contribution is 2.24. The number of amides is 1. The van der Waals surface area contributed by atoms with Crippen LogP contribution in [0.2, 0.25) is 0 Å². The minimum absolute atomic E-state index is 0.0887. The van der Waals surface area contributed by atoms with Crippen LogP contribution in [0.4, 0.5) is 10.1 Å². The summed E-state index contributed by atoms with van der Waals surface area (Å²) in [5, 5.41) is 2.77. The highest BCUT2D eigenvalue weighted by atomic mass is 19.1. The van der Waals surface area contributed by atoms with Crippen molar-refractivity contribution in [2.24, 2.45) is 0 Å². The molecule has 2 rings (SSSR count). The number of nitrogens with one attached hydrogen (secondary N) is 1. The molecule has 0 bridgehead atoms. The third-order valence-electron chi connectivity index (χ3n) is 3.18. The van der Waals surface area contributed by atoms with Crippen molar-refractivity contribution in [3.63, 3.8) is 0 Å². The molecule has 0 saturated carbocycles. The standard InChI is InChI=1S/C19H21FN2O2/c1-13(2)22-19(23)9-7-14-6-8-18(17(21)11-14)24-12-15-4-3-5-16(20)10-15/h3-11,13H,12,21H2,1-2H3,(H,22,23)/b9-7-. The molecule has 0 aliphatic carbocycles. The first-order valence-electron chi connectivity index (χ1n) is 7.69. The van der Waals surface area contributed by atoms with E-state index in [2.05, 4.69) is 5.32 Å². The SMILES string of the molecule is CC(C)NC(=O)/C=C\c1ccc(OCc2cccc(F)c2)c(N)c1. The van der Waals surface area contributed by atoms with Gasteiger partial charge in [-0.05, 0) is 55.3 Å². The van der Waals surface area contributed by atoms with Gasteiger partial charge in [-0.25, -0.2) is 4.39 Å². The Morgan fingerprint density at radius 1 is 1.29 bits per heavy atom. The second-order valence-electron chi connectivity index (χ2n) is 5.71. The fourth-order valence-corrected chi connectivity index (χ4v) is 2.09. The molecule has 126 valence electrons. The lowest BCUT2D eigenvalue weighted by Gasteiger charge is -2.10. The molecule has 0 aromatic heterocycles. The lowest BCUT2D eigenvalue weighted by molar-refractivity contribution is -0.116. The summed E-state index contributed by atoms with van der Waals surface area (Å²) >= 11 is 0. The van der Waals surface area contributed by atoms with E-state index in [0.29, 0.717) is 11.4 Å². The van der Waals surface area contributed by atoms with Crippen LogP contribution in [0.3, 0.4) is 0 Å². The third-order valence-corrected chi connectivity index (χ3v) is 3.18. The molecule has 24 heavy (non-hydrogen) atoms. The number of carbonyl (C=O) groups excluding carboxylic acids is 1. The molecule has 0 aliphatic heterocycles. The van der Waals surface area contributed by atoms with Gasteiger partial charge in [0.05, 0.1) is 5.69 Å². The summed E-state index contributed by atoms with van der Waals surface area (Å²) in [5.74, 6) is 0.0577. The fraction of sp³-hybridized carbons (Fsp3) is 0.211. The van der Waals surface area contributed by atoms with E-state index in [-0.39, 0.29) is 24.4 Å². The summed E-state index contributed by atoms with van der Waals surface area (Å²) in [6.45, 7) is 4.02. The van der Waals surface area contributed by atoms with Crippen molar-refractivity contribution < 1.29 is 13.9 Å². The molecular weight excluding hydrogens is 307 g/mol. The zero-order valence-corrected chi connectivity index (χ0v) is 13.8. The van der Waals surface area contributed by atoms with Crippen LogP contribution in [0.15, 0.2) is 48.5 Å². The Labute approximate surface area is 141 Å². The predicted octanol–water partition coefficient (Wildman–Crippen LogP) is 3.52. The predicted molar refractivity (Wildman–Crippen MR) is 93.9 cm³/mol. The van der Waals surface area contributed by atoms with E-state index in [1.165, 1.54) is 18.2 Å². The van der Waals surface area contributed by atoms with E-state index in [9.17, 15) is 9.18 Å². The van der Waals surface area contributed by atoms with Gasteiger partial charge in [0, 0.05) is 12.1 Å². The van der Waals surface area contributed by atoms with Gasteiger partial charge in [0.25, 0.3) is 0 Å². The van der Waals surface area contributed by atoms with Gasteiger partial charge in [0.15, 0.2) is 0 Å². The number of ether oxygens (including phenoxy) is 1. The number of anilines is 1. The fourth-order valence-electron chi connectivity index (χ4n) is 2.09. The second kappa shape index (κ2) is 8.15. The highest BCUT2D eigenvalue weighted by Gasteiger charge is 2.03. The van der Waals surface area contributed by atoms with Crippen LogP contribution in [0.5, 0.6) is 5.75 Å². The maximum absolute atomic E-state index is 13.1. The van der Waals surface area contributed by atoms with Gasteiger partial charge in [0.2, 0.25) is 5.91 Å². The van der Waals surface area contributed by atoms with Gasteiger partial charge in [0.1, 0.15) is 18.2 Å². The molecule has 3 N–H and O–H groups in total. The first-order valence-corrected chi connectivity index (χ1v) is 7.69. The molecule has 2 aromatic rings. The van der Waals surface area contributed by atoms with Crippen molar-refractivity contribution in [1.29, 1.82) is 0 Å². The van der Waals surface area contributed by atoms with Gasteiger partial charge in [-0.2, -0.15) is 0 Å². The number of halogens is 1. The van der Waals surface area contributed by atoms with Gasteiger partial charge >= 0.3 is 0 Å². The largest absolute Gasteiger partial charge is 0.487 e. The highest BCUT2D eigenvalue weighted by molar-refractivity contribution is 5.92. The van der Waals surface area contributed by atoms with Crippen LogP contribution >= 0.6 is 0 Å². The normalized spacial score (nSPS) is 11.0. The monoisotopic (exact) mass is 328 g/mol. The molecular formula is C19H21FN2O2. The summed E-state index contributed by atoms with van der Waals surface area (Å²) in [5.41, 5.74) is 7.95. The first-order chi connectivity index (χ1) is 11.4. The van der Waals surface area contributed by atoms with Crippen molar-refractivity contribution in [1.82, 2.24) is 5.32 Å². The summed E-state index contributed by atoms with van der Waals surface area (Å²) in [6.07, 6.45) is 3.15. The number of nitrogens with two attached hydrogens (primary N) is 1. The van der Waals surface area contributed by atoms with Crippen molar-refractivity contribution in [2.75, 3.05) is 5.73 Å². The molecule has 0 radical (unpaired) electrons. The summed E-state index contributed by atoms with van der Waals surface area (Å²) in [7, 11) is 0. The van der Waals surface area contributed by atoms with E-state index in [1.807, 2.05) is 13.8 Å². The molecule has 0 spiro atoms. The Morgan fingerprint density at radius 2 is 2.08 bits per heavy atom. The maximum atomic E-state index is 13.1. The minimum Gasteiger partial charge on any atom is -0.487 e. The Kier molecular flexibility index (Phi) is 5.95. The molecule has 5 heteroatoms.